The Morgan fingerprint density at radius 2 is 1.29 bits per heavy atom. The van der Waals surface area contributed by atoms with Crippen LogP contribution >= 0.6 is 0 Å². The van der Waals surface area contributed by atoms with Crippen LogP contribution in [0.15, 0.2) is 85.5 Å². The Labute approximate surface area is 235 Å². The van der Waals surface area contributed by atoms with Crippen LogP contribution in [0.25, 0.3) is 22.3 Å². The van der Waals surface area contributed by atoms with Crippen LogP contribution < -0.4 is 14.2 Å². The Hall–Kier alpha value is -4.59. The molecule has 0 N–H and O–H groups in total. The fourth-order valence-corrected chi connectivity index (χ4v) is 3.98. The van der Waals surface area contributed by atoms with Crippen molar-refractivity contribution in [2.45, 2.75) is 26.2 Å². The topological polar surface area (TPSA) is 44.8 Å². The largest absolute Gasteiger partial charge is 0.494 e. The maximum Gasteiger partial charge on any atom is 0.346 e. The summed E-state index contributed by atoms with van der Waals surface area (Å²) >= 11 is 0. The van der Waals surface area contributed by atoms with Crippen molar-refractivity contribution < 1.29 is 36.6 Å². The SMILES string of the molecule is C=CCCOc1ccc(C(=O)Oc2ccc(-c3ccc(-c4ccc(OCCCC)cc4)c(F)c3F)cc2)c(F)c1F. The van der Waals surface area contributed by atoms with Crippen LogP contribution in [0.3, 0.4) is 0 Å². The third-order valence-electron chi connectivity index (χ3n) is 6.24. The van der Waals surface area contributed by atoms with Crippen LogP contribution in [-0.2, 0) is 0 Å². The van der Waals surface area contributed by atoms with Gasteiger partial charge in [0.1, 0.15) is 11.5 Å². The smallest absolute Gasteiger partial charge is 0.346 e. The van der Waals surface area contributed by atoms with Crippen LogP contribution in [0.5, 0.6) is 17.2 Å². The predicted molar refractivity (Wildman–Crippen MR) is 149 cm³/mol. The Kier molecular flexibility index (Phi) is 9.79. The van der Waals surface area contributed by atoms with Gasteiger partial charge in [-0.25, -0.2) is 18.0 Å². The third kappa shape index (κ3) is 6.95. The number of carbonyl (C=O) groups is 1. The van der Waals surface area contributed by atoms with Gasteiger partial charge in [-0.1, -0.05) is 55.8 Å². The van der Waals surface area contributed by atoms with Crippen molar-refractivity contribution in [3.63, 3.8) is 0 Å². The van der Waals surface area contributed by atoms with Crippen molar-refractivity contribution in [3.8, 4) is 39.5 Å². The predicted octanol–water partition coefficient (Wildman–Crippen LogP) is 8.93. The molecule has 0 bridgehead atoms. The summed E-state index contributed by atoms with van der Waals surface area (Å²) in [5.41, 5.74) is 0.308. The third-order valence-corrected chi connectivity index (χ3v) is 6.24. The van der Waals surface area contributed by atoms with Crippen LogP contribution in [-0.4, -0.2) is 19.2 Å². The van der Waals surface area contributed by atoms with Crippen LogP contribution in [0.1, 0.15) is 36.5 Å². The van der Waals surface area contributed by atoms with Gasteiger partial charge in [0.05, 0.1) is 18.8 Å². The molecule has 0 atom stereocenters. The van der Waals surface area contributed by atoms with E-state index in [-0.39, 0.29) is 29.2 Å². The highest BCUT2D eigenvalue weighted by Gasteiger charge is 2.22. The normalized spacial score (nSPS) is 10.8. The van der Waals surface area contributed by atoms with E-state index in [1.54, 1.807) is 30.3 Å². The maximum absolute atomic E-state index is 15.1. The Morgan fingerprint density at radius 1 is 0.707 bits per heavy atom. The summed E-state index contributed by atoms with van der Waals surface area (Å²) in [6.45, 7) is 6.27. The first-order chi connectivity index (χ1) is 19.8. The van der Waals surface area contributed by atoms with E-state index in [1.165, 1.54) is 36.4 Å². The second-order valence-electron chi connectivity index (χ2n) is 9.09. The lowest BCUT2D eigenvalue weighted by Gasteiger charge is -2.11. The van der Waals surface area contributed by atoms with E-state index in [1.807, 2.05) is 0 Å². The van der Waals surface area contributed by atoms with Gasteiger partial charge in [-0.2, -0.15) is 4.39 Å². The Morgan fingerprint density at radius 3 is 1.85 bits per heavy atom. The highest BCUT2D eigenvalue weighted by atomic mass is 19.2. The number of halogens is 4. The molecule has 0 radical (unpaired) electrons. The lowest BCUT2D eigenvalue weighted by Crippen LogP contribution is -2.12. The standard InChI is InChI=1S/C33H28F4O4/c1-3-5-19-39-23-11-7-21(8-12-23)25-15-16-26(30(35)29(25)34)22-9-13-24(14-10-22)41-33(38)27-17-18-28(32(37)31(27)36)40-20-6-4-2/h4,7-18H,2-3,5-6,19-20H2,1H3. The van der Waals surface area contributed by atoms with E-state index >= 15 is 8.78 Å². The minimum Gasteiger partial charge on any atom is -0.494 e. The quantitative estimate of drug-likeness (QED) is 0.0567. The summed E-state index contributed by atoms with van der Waals surface area (Å²) in [5.74, 6) is -5.57. The van der Waals surface area contributed by atoms with Crippen molar-refractivity contribution >= 4 is 5.97 Å². The Bertz CT molecular complexity index is 1520. The fraction of sp³-hybridized carbons (Fsp3) is 0.182. The summed E-state index contributed by atoms with van der Waals surface area (Å²) < 4.78 is 74.8. The van der Waals surface area contributed by atoms with Crippen molar-refractivity contribution in [1.29, 1.82) is 0 Å². The Balaban J connectivity index is 1.46. The van der Waals surface area contributed by atoms with Crippen molar-refractivity contribution in [2.24, 2.45) is 0 Å². The molecule has 4 rings (SSSR count). The van der Waals surface area contributed by atoms with E-state index in [0.717, 1.165) is 25.0 Å². The minimum atomic E-state index is -1.40. The second-order valence-corrected chi connectivity index (χ2v) is 9.09. The fourth-order valence-electron chi connectivity index (χ4n) is 3.98. The van der Waals surface area contributed by atoms with E-state index in [9.17, 15) is 13.6 Å². The zero-order chi connectivity index (χ0) is 29.4. The lowest BCUT2D eigenvalue weighted by atomic mass is 9.98. The number of hydrogen-bond donors (Lipinski definition) is 0. The molecule has 8 heteroatoms. The molecule has 4 aromatic carbocycles. The highest BCUT2D eigenvalue weighted by Crippen LogP contribution is 2.33. The number of carbonyl (C=O) groups excluding carboxylic acids is 1. The first-order valence-corrected chi connectivity index (χ1v) is 13.1. The molecule has 41 heavy (non-hydrogen) atoms. The van der Waals surface area contributed by atoms with Crippen molar-refractivity contribution in [3.05, 3.63) is 114 Å². The molecule has 0 saturated heterocycles. The number of unbranched alkanes of at least 4 members (excludes halogenated alkanes) is 1. The van der Waals surface area contributed by atoms with Gasteiger partial charge in [0.2, 0.25) is 5.82 Å². The molecular weight excluding hydrogens is 536 g/mol. The van der Waals surface area contributed by atoms with Crippen LogP contribution in [0.2, 0.25) is 0 Å². The first kappa shape index (κ1) is 29.4. The molecule has 0 amide bonds. The molecule has 0 aromatic heterocycles. The molecule has 0 unspecified atom stereocenters. The molecule has 0 aliphatic carbocycles. The summed E-state index contributed by atoms with van der Waals surface area (Å²) in [5, 5.41) is 0. The first-order valence-electron chi connectivity index (χ1n) is 13.1. The molecule has 0 spiro atoms. The molecule has 4 nitrogen and oxygen atoms in total. The molecule has 0 aliphatic rings. The van der Waals surface area contributed by atoms with Gasteiger partial charge < -0.3 is 14.2 Å². The number of ether oxygens (including phenoxy) is 3. The van der Waals surface area contributed by atoms with Crippen molar-refractivity contribution in [1.82, 2.24) is 0 Å². The van der Waals surface area contributed by atoms with Gasteiger partial charge in [-0.3, -0.25) is 0 Å². The lowest BCUT2D eigenvalue weighted by molar-refractivity contribution is 0.0728. The maximum atomic E-state index is 15.1. The molecule has 4 aromatic rings. The van der Waals surface area contributed by atoms with Crippen LogP contribution in [0.4, 0.5) is 17.6 Å². The van der Waals surface area contributed by atoms with E-state index in [2.05, 4.69) is 13.5 Å². The molecular formula is C33H28F4O4. The molecule has 0 heterocycles. The van der Waals surface area contributed by atoms with Gasteiger partial charge in [0.15, 0.2) is 23.2 Å². The van der Waals surface area contributed by atoms with E-state index in [4.69, 9.17) is 14.2 Å². The van der Waals surface area contributed by atoms with Gasteiger partial charge in [-0.15, -0.1) is 6.58 Å². The summed E-state index contributed by atoms with van der Waals surface area (Å²) in [7, 11) is 0. The number of benzene rings is 4. The zero-order valence-corrected chi connectivity index (χ0v) is 22.4. The van der Waals surface area contributed by atoms with Crippen LogP contribution in [0, 0.1) is 23.3 Å². The second kappa shape index (κ2) is 13.7. The van der Waals surface area contributed by atoms with Crippen molar-refractivity contribution in [2.75, 3.05) is 13.2 Å². The van der Waals surface area contributed by atoms with Gasteiger partial charge in [-0.05, 0) is 60.4 Å². The summed E-state index contributed by atoms with van der Waals surface area (Å²) in [6.07, 6.45) is 3.93. The average molecular weight is 565 g/mol. The molecule has 0 saturated carbocycles. The van der Waals surface area contributed by atoms with E-state index < -0.39 is 34.8 Å². The van der Waals surface area contributed by atoms with Gasteiger partial charge >= 0.3 is 5.97 Å². The molecule has 212 valence electrons. The molecule has 0 fully saturated rings. The summed E-state index contributed by atoms with van der Waals surface area (Å²) in [6, 6.07) is 17.4. The average Bonchev–Trinajstić information content (AvgIpc) is 2.98. The highest BCUT2D eigenvalue weighted by molar-refractivity contribution is 5.91. The number of hydrogen-bond acceptors (Lipinski definition) is 4. The number of esters is 1. The van der Waals surface area contributed by atoms with Gasteiger partial charge in [0.25, 0.3) is 0 Å². The minimum absolute atomic E-state index is 0.00335. The summed E-state index contributed by atoms with van der Waals surface area (Å²) in [4.78, 5) is 12.5. The number of rotatable bonds is 12. The monoisotopic (exact) mass is 564 g/mol. The zero-order valence-electron chi connectivity index (χ0n) is 22.4. The van der Waals surface area contributed by atoms with Gasteiger partial charge in [0, 0.05) is 11.1 Å². The molecule has 0 aliphatic heterocycles. The van der Waals surface area contributed by atoms with E-state index in [0.29, 0.717) is 29.9 Å².